The summed E-state index contributed by atoms with van der Waals surface area (Å²) in [6, 6.07) is 5.31. The summed E-state index contributed by atoms with van der Waals surface area (Å²) in [5, 5.41) is 12.9. The van der Waals surface area contributed by atoms with Gasteiger partial charge in [0.25, 0.3) is 5.91 Å². The van der Waals surface area contributed by atoms with Gasteiger partial charge in [-0.1, -0.05) is 19.1 Å². The molecule has 0 aliphatic carbocycles. The number of carbonyl (C=O) groups excluding carboxylic acids is 1. The Balaban J connectivity index is 2.09. The molecule has 1 aromatic carbocycles. The number of ether oxygens (including phenoxy) is 1. The summed E-state index contributed by atoms with van der Waals surface area (Å²) < 4.78 is 5.34. The molecule has 98 valence electrons. The van der Waals surface area contributed by atoms with Crippen molar-refractivity contribution in [2.45, 2.75) is 26.3 Å². The highest BCUT2D eigenvalue weighted by Gasteiger charge is 2.24. The lowest BCUT2D eigenvalue weighted by Gasteiger charge is -2.29. The summed E-state index contributed by atoms with van der Waals surface area (Å²) in [6.45, 7) is 5.18. The molecule has 0 aromatic heterocycles. The number of amides is 1. The summed E-state index contributed by atoms with van der Waals surface area (Å²) in [5.74, 6) is 0.152. The van der Waals surface area contributed by atoms with Gasteiger partial charge in [0.1, 0.15) is 5.75 Å². The highest BCUT2D eigenvalue weighted by atomic mass is 16.5. The van der Waals surface area contributed by atoms with E-state index in [0.29, 0.717) is 30.3 Å². The molecule has 0 bridgehead atoms. The minimum Gasteiger partial charge on any atom is -0.507 e. The van der Waals surface area contributed by atoms with Crippen LogP contribution in [0.25, 0.3) is 0 Å². The Kier molecular flexibility index (Phi) is 3.87. The third-order valence-corrected chi connectivity index (χ3v) is 3.44. The van der Waals surface area contributed by atoms with Crippen molar-refractivity contribution in [2.24, 2.45) is 5.92 Å². The van der Waals surface area contributed by atoms with E-state index >= 15 is 0 Å². The topological polar surface area (TPSA) is 58.6 Å². The van der Waals surface area contributed by atoms with Crippen LogP contribution in [0.4, 0.5) is 0 Å². The van der Waals surface area contributed by atoms with Crippen molar-refractivity contribution in [2.75, 3.05) is 13.2 Å². The molecule has 2 rings (SSSR count). The number of carbonyl (C=O) groups is 1. The number of para-hydroxylation sites is 1. The molecule has 1 aliphatic rings. The van der Waals surface area contributed by atoms with Crippen LogP contribution in [-0.4, -0.2) is 30.3 Å². The molecule has 1 aliphatic heterocycles. The summed E-state index contributed by atoms with van der Waals surface area (Å²) in [5.41, 5.74) is 1.05. The lowest BCUT2D eigenvalue weighted by atomic mass is 9.97. The normalized spacial score (nSPS) is 23.7. The smallest absolute Gasteiger partial charge is 0.255 e. The van der Waals surface area contributed by atoms with E-state index in [9.17, 15) is 9.90 Å². The molecule has 1 heterocycles. The number of benzene rings is 1. The van der Waals surface area contributed by atoms with Gasteiger partial charge in [-0.15, -0.1) is 0 Å². The second-order valence-corrected chi connectivity index (χ2v) is 4.89. The number of rotatable bonds is 2. The first-order chi connectivity index (χ1) is 8.59. The van der Waals surface area contributed by atoms with E-state index in [1.165, 1.54) is 0 Å². The number of phenolic OH excluding ortho intramolecular Hbond substituents is 1. The van der Waals surface area contributed by atoms with Crippen LogP contribution in [0.5, 0.6) is 5.75 Å². The standard InChI is InChI=1S/C14H19NO3/c1-9-4-3-5-11(13(9)16)14(17)15-12-6-7-18-8-10(12)2/h3-5,10,12,16H,6-8H2,1-2H3,(H,15,17). The van der Waals surface area contributed by atoms with Crippen LogP contribution in [0, 0.1) is 12.8 Å². The Morgan fingerprint density at radius 1 is 1.50 bits per heavy atom. The molecular formula is C14H19NO3. The van der Waals surface area contributed by atoms with Gasteiger partial charge in [-0.05, 0) is 30.9 Å². The molecule has 18 heavy (non-hydrogen) atoms. The van der Waals surface area contributed by atoms with Crippen molar-refractivity contribution in [3.8, 4) is 5.75 Å². The second kappa shape index (κ2) is 5.40. The number of hydrogen-bond donors (Lipinski definition) is 2. The van der Waals surface area contributed by atoms with Gasteiger partial charge < -0.3 is 15.2 Å². The zero-order valence-electron chi connectivity index (χ0n) is 10.8. The van der Waals surface area contributed by atoms with Gasteiger partial charge in [0, 0.05) is 12.6 Å². The van der Waals surface area contributed by atoms with E-state index in [0.717, 1.165) is 6.42 Å². The van der Waals surface area contributed by atoms with E-state index < -0.39 is 0 Å². The average molecular weight is 249 g/mol. The largest absolute Gasteiger partial charge is 0.507 e. The lowest BCUT2D eigenvalue weighted by molar-refractivity contribution is 0.0374. The fraction of sp³-hybridized carbons (Fsp3) is 0.500. The van der Waals surface area contributed by atoms with Gasteiger partial charge in [-0.2, -0.15) is 0 Å². The van der Waals surface area contributed by atoms with Gasteiger partial charge in [-0.3, -0.25) is 4.79 Å². The summed E-state index contributed by atoms with van der Waals surface area (Å²) in [7, 11) is 0. The highest BCUT2D eigenvalue weighted by Crippen LogP contribution is 2.22. The van der Waals surface area contributed by atoms with Crippen LogP contribution in [0.3, 0.4) is 0 Å². The Morgan fingerprint density at radius 2 is 2.28 bits per heavy atom. The molecule has 2 atom stereocenters. The molecule has 1 saturated heterocycles. The van der Waals surface area contributed by atoms with E-state index in [1.54, 1.807) is 25.1 Å². The molecule has 1 amide bonds. The van der Waals surface area contributed by atoms with E-state index in [1.807, 2.05) is 0 Å². The quantitative estimate of drug-likeness (QED) is 0.841. The predicted molar refractivity (Wildman–Crippen MR) is 68.7 cm³/mol. The maximum atomic E-state index is 12.1. The lowest BCUT2D eigenvalue weighted by Crippen LogP contribution is -2.44. The van der Waals surface area contributed by atoms with Gasteiger partial charge in [0.2, 0.25) is 0 Å². The second-order valence-electron chi connectivity index (χ2n) is 4.89. The monoisotopic (exact) mass is 249 g/mol. The third-order valence-electron chi connectivity index (χ3n) is 3.44. The van der Waals surface area contributed by atoms with Gasteiger partial charge >= 0.3 is 0 Å². The molecule has 0 saturated carbocycles. The maximum Gasteiger partial charge on any atom is 0.255 e. The first-order valence-corrected chi connectivity index (χ1v) is 6.26. The molecule has 1 aromatic rings. The zero-order chi connectivity index (χ0) is 13.1. The Bertz CT molecular complexity index is 445. The van der Waals surface area contributed by atoms with Crippen molar-refractivity contribution in [1.29, 1.82) is 0 Å². The van der Waals surface area contributed by atoms with Crippen LogP contribution < -0.4 is 5.32 Å². The van der Waals surface area contributed by atoms with E-state index in [4.69, 9.17) is 4.74 Å². The van der Waals surface area contributed by atoms with Gasteiger partial charge in [0.05, 0.1) is 12.2 Å². The first-order valence-electron chi connectivity index (χ1n) is 6.26. The number of aryl methyl sites for hydroxylation is 1. The van der Waals surface area contributed by atoms with Gasteiger partial charge in [0.15, 0.2) is 0 Å². The van der Waals surface area contributed by atoms with Crippen LogP contribution >= 0.6 is 0 Å². The average Bonchev–Trinajstić information content (AvgIpc) is 2.35. The molecule has 0 radical (unpaired) electrons. The van der Waals surface area contributed by atoms with Crippen molar-refractivity contribution in [1.82, 2.24) is 5.32 Å². The molecule has 2 unspecified atom stereocenters. The summed E-state index contributed by atoms with van der Waals surface area (Å²) >= 11 is 0. The third kappa shape index (κ3) is 2.64. The fourth-order valence-electron chi connectivity index (χ4n) is 2.18. The number of aromatic hydroxyl groups is 1. The number of phenols is 1. The maximum absolute atomic E-state index is 12.1. The summed E-state index contributed by atoms with van der Waals surface area (Å²) in [4.78, 5) is 12.1. The Labute approximate surface area is 107 Å². The van der Waals surface area contributed by atoms with Crippen LogP contribution in [0.2, 0.25) is 0 Å². The van der Waals surface area contributed by atoms with E-state index in [2.05, 4.69) is 12.2 Å². The Hall–Kier alpha value is -1.55. The predicted octanol–water partition coefficient (Wildman–Crippen LogP) is 1.86. The zero-order valence-corrected chi connectivity index (χ0v) is 10.8. The molecule has 0 spiro atoms. The van der Waals surface area contributed by atoms with Crippen LogP contribution in [-0.2, 0) is 4.74 Å². The van der Waals surface area contributed by atoms with Crippen molar-refractivity contribution < 1.29 is 14.6 Å². The fourth-order valence-corrected chi connectivity index (χ4v) is 2.18. The molecule has 4 nitrogen and oxygen atoms in total. The molecule has 4 heteroatoms. The van der Waals surface area contributed by atoms with Crippen molar-refractivity contribution in [3.05, 3.63) is 29.3 Å². The molecule has 1 fully saturated rings. The minimum absolute atomic E-state index is 0.0645. The van der Waals surface area contributed by atoms with Crippen molar-refractivity contribution in [3.63, 3.8) is 0 Å². The summed E-state index contributed by atoms with van der Waals surface area (Å²) in [6.07, 6.45) is 0.819. The Morgan fingerprint density at radius 3 is 3.00 bits per heavy atom. The number of nitrogens with one attached hydrogen (secondary N) is 1. The highest BCUT2D eigenvalue weighted by molar-refractivity contribution is 5.97. The first kappa shape index (κ1) is 12.9. The van der Waals surface area contributed by atoms with E-state index in [-0.39, 0.29) is 17.7 Å². The van der Waals surface area contributed by atoms with Crippen molar-refractivity contribution >= 4 is 5.91 Å². The van der Waals surface area contributed by atoms with Crippen LogP contribution in [0.15, 0.2) is 18.2 Å². The molecule has 2 N–H and O–H groups in total. The number of hydrogen-bond acceptors (Lipinski definition) is 3. The van der Waals surface area contributed by atoms with Gasteiger partial charge in [-0.25, -0.2) is 0 Å². The van der Waals surface area contributed by atoms with Crippen LogP contribution in [0.1, 0.15) is 29.3 Å². The SMILES string of the molecule is Cc1cccc(C(=O)NC2CCOCC2C)c1O. The minimum atomic E-state index is -0.213. The molecular weight excluding hydrogens is 230 g/mol.